The summed E-state index contributed by atoms with van der Waals surface area (Å²) in [7, 11) is 1.38. The van der Waals surface area contributed by atoms with Crippen molar-refractivity contribution in [2.45, 2.75) is 18.9 Å². The molecule has 0 spiro atoms. The van der Waals surface area contributed by atoms with E-state index in [4.69, 9.17) is 10.5 Å². The molecule has 0 heterocycles. The first-order valence-electron chi connectivity index (χ1n) is 9.30. The zero-order valence-corrected chi connectivity index (χ0v) is 15.6. The number of hydrogen-bond acceptors (Lipinski definition) is 4. The van der Waals surface area contributed by atoms with E-state index in [0.717, 1.165) is 21.9 Å². The predicted octanol–water partition coefficient (Wildman–Crippen LogP) is 3.11. The predicted molar refractivity (Wildman–Crippen MR) is 109 cm³/mol. The van der Waals surface area contributed by atoms with Crippen LogP contribution < -0.4 is 11.1 Å². The summed E-state index contributed by atoms with van der Waals surface area (Å²) in [5.41, 5.74) is 9.23. The molecule has 0 saturated carbocycles. The van der Waals surface area contributed by atoms with Gasteiger partial charge in [-0.15, -0.1) is 0 Å². The number of benzene rings is 3. The molecule has 142 valence electrons. The molecule has 0 bridgehead atoms. The van der Waals surface area contributed by atoms with Crippen LogP contribution in [-0.2, 0) is 22.4 Å². The van der Waals surface area contributed by atoms with Crippen molar-refractivity contribution in [3.63, 3.8) is 0 Å². The van der Waals surface area contributed by atoms with Gasteiger partial charge in [0, 0.05) is 11.7 Å². The average Bonchev–Trinajstić information content (AvgIpc) is 2.72. The lowest BCUT2D eigenvalue weighted by atomic mass is 9.80. The van der Waals surface area contributed by atoms with Crippen LogP contribution in [0.3, 0.4) is 0 Å². The van der Waals surface area contributed by atoms with E-state index >= 15 is 0 Å². The first-order valence-corrected chi connectivity index (χ1v) is 9.30. The van der Waals surface area contributed by atoms with Gasteiger partial charge in [0.25, 0.3) is 5.91 Å². The Morgan fingerprint density at radius 1 is 0.964 bits per heavy atom. The van der Waals surface area contributed by atoms with Crippen LogP contribution in [0, 0.1) is 5.92 Å². The van der Waals surface area contributed by atoms with Crippen molar-refractivity contribution in [1.29, 1.82) is 0 Å². The number of carbonyl (C=O) groups is 2. The Morgan fingerprint density at radius 2 is 1.57 bits per heavy atom. The number of nitrogens with two attached hydrogens (primary N) is 1. The van der Waals surface area contributed by atoms with Crippen LogP contribution >= 0.6 is 0 Å². The normalized spacial score (nSPS) is 18.3. The number of hydrogen-bond donors (Lipinski definition) is 2. The van der Waals surface area contributed by atoms with E-state index in [2.05, 4.69) is 5.32 Å². The molecule has 5 nitrogen and oxygen atoms in total. The van der Waals surface area contributed by atoms with Crippen molar-refractivity contribution < 1.29 is 14.3 Å². The highest BCUT2D eigenvalue weighted by molar-refractivity contribution is 6.04. The van der Waals surface area contributed by atoms with Crippen LogP contribution in [0.1, 0.15) is 21.5 Å². The molecular weight excluding hydrogens is 352 g/mol. The van der Waals surface area contributed by atoms with Crippen LogP contribution in [0.4, 0.5) is 5.69 Å². The third kappa shape index (κ3) is 3.31. The van der Waals surface area contributed by atoms with Gasteiger partial charge < -0.3 is 15.8 Å². The summed E-state index contributed by atoms with van der Waals surface area (Å²) in [4.78, 5) is 25.4. The summed E-state index contributed by atoms with van der Waals surface area (Å²) >= 11 is 0. The zero-order chi connectivity index (χ0) is 19.7. The summed E-state index contributed by atoms with van der Waals surface area (Å²) in [5, 5.41) is 4.95. The SMILES string of the molecule is COC(=O)C1Cc2ccccc2CC1NC(=O)c1cc2ccccc2cc1N. The molecule has 0 aliphatic heterocycles. The standard InChI is InChI=1S/C23H22N2O3/c1-28-23(27)19-11-15-7-3-5-9-17(15)13-21(19)25-22(26)18-10-14-6-2-4-8-16(14)12-20(18)24/h2-10,12,19,21H,11,13,24H2,1H3,(H,25,26). The third-order valence-electron chi connectivity index (χ3n) is 5.47. The van der Waals surface area contributed by atoms with Gasteiger partial charge in [-0.2, -0.15) is 0 Å². The molecule has 3 aromatic carbocycles. The van der Waals surface area contributed by atoms with Gasteiger partial charge in [-0.1, -0.05) is 48.5 Å². The highest BCUT2D eigenvalue weighted by Gasteiger charge is 2.35. The molecule has 0 fully saturated rings. The fourth-order valence-electron chi connectivity index (χ4n) is 3.97. The number of ether oxygens (including phenoxy) is 1. The molecule has 28 heavy (non-hydrogen) atoms. The summed E-state index contributed by atoms with van der Waals surface area (Å²) in [6.45, 7) is 0. The molecule has 1 amide bonds. The third-order valence-corrected chi connectivity index (χ3v) is 5.47. The lowest BCUT2D eigenvalue weighted by Crippen LogP contribution is -2.48. The van der Waals surface area contributed by atoms with Crippen molar-refractivity contribution in [3.8, 4) is 0 Å². The van der Waals surface area contributed by atoms with E-state index in [1.54, 1.807) is 12.1 Å². The molecule has 5 heteroatoms. The maximum absolute atomic E-state index is 13.0. The largest absolute Gasteiger partial charge is 0.469 e. The highest BCUT2D eigenvalue weighted by atomic mass is 16.5. The van der Waals surface area contributed by atoms with Crippen LogP contribution in [-0.4, -0.2) is 25.0 Å². The second-order valence-electron chi connectivity index (χ2n) is 7.17. The first-order chi connectivity index (χ1) is 13.6. The number of anilines is 1. The van der Waals surface area contributed by atoms with Gasteiger partial charge in [-0.3, -0.25) is 9.59 Å². The maximum Gasteiger partial charge on any atom is 0.311 e. The Balaban J connectivity index is 1.64. The van der Waals surface area contributed by atoms with Crippen molar-refractivity contribution in [2.24, 2.45) is 5.92 Å². The molecule has 2 atom stereocenters. The molecule has 3 N–H and O–H groups in total. The highest BCUT2D eigenvalue weighted by Crippen LogP contribution is 2.28. The topological polar surface area (TPSA) is 81.4 Å². The van der Waals surface area contributed by atoms with Gasteiger partial charge in [-0.05, 0) is 46.9 Å². The summed E-state index contributed by atoms with van der Waals surface area (Å²) < 4.78 is 4.99. The fourth-order valence-corrected chi connectivity index (χ4v) is 3.97. The molecular formula is C23H22N2O3. The van der Waals surface area contributed by atoms with Crippen molar-refractivity contribution in [2.75, 3.05) is 12.8 Å². The van der Waals surface area contributed by atoms with Crippen LogP contribution in [0.15, 0.2) is 60.7 Å². The van der Waals surface area contributed by atoms with E-state index in [0.29, 0.717) is 24.1 Å². The number of carbonyl (C=O) groups excluding carboxylic acids is 2. The minimum Gasteiger partial charge on any atom is -0.469 e. The summed E-state index contributed by atoms with van der Waals surface area (Å²) in [5.74, 6) is -1.02. The number of esters is 1. The number of amides is 1. The Morgan fingerprint density at radius 3 is 2.25 bits per heavy atom. The number of nitrogen functional groups attached to an aromatic ring is 1. The van der Waals surface area contributed by atoms with Gasteiger partial charge in [0.1, 0.15) is 0 Å². The Labute approximate surface area is 163 Å². The second-order valence-corrected chi connectivity index (χ2v) is 7.17. The minimum atomic E-state index is -0.425. The van der Waals surface area contributed by atoms with Gasteiger partial charge >= 0.3 is 5.97 Å². The number of methoxy groups -OCH3 is 1. The molecule has 1 aliphatic rings. The zero-order valence-electron chi connectivity index (χ0n) is 15.6. The van der Waals surface area contributed by atoms with Crippen LogP contribution in [0.25, 0.3) is 10.8 Å². The first kappa shape index (κ1) is 18.0. The van der Waals surface area contributed by atoms with Crippen molar-refractivity contribution in [3.05, 3.63) is 77.4 Å². The molecule has 0 radical (unpaired) electrons. The van der Waals surface area contributed by atoms with Gasteiger partial charge in [0.15, 0.2) is 0 Å². The molecule has 4 rings (SSSR count). The van der Waals surface area contributed by atoms with Crippen LogP contribution in [0.2, 0.25) is 0 Å². The molecule has 0 aromatic heterocycles. The number of rotatable bonds is 3. The van der Waals surface area contributed by atoms with Crippen molar-refractivity contribution >= 4 is 28.3 Å². The fraction of sp³-hybridized carbons (Fsp3) is 0.217. The Hall–Kier alpha value is -3.34. The van der Waals surface area contributed by atoms with E-state index in [-0.39, 0.29) is 17.9 Å². The molecule has 2 unspecified atom stereocenters. The van der Waals surface area contributed by atoms with E-state index < -0.39 is 5.92 Å². The van der Waals surface area contributed by atoms with Crippen LogP contribution in [0.5, 0.6) is 0 Å². The van der Waals surface area contributed by atoms with E-state index in [9.17, 15) is 9.59 Å². The monoisotopic (exact) mass is 374 g/mol. The lowest BCUT2D eigenvalue weighted by Gasteiger charge is -2.32. The minimum absolute atomic E-state index is 0.276. The maximum atomic E-state index is 13.0. The molecule has 0 saturated heterocycles. The quantitative estimate of drug-likeness (QED) is 0.545. The van der Waals surface area contributed by atoms with E-state index in [1.165, 1.54) is 7.11 Å². The molecule has 1 aliphatic carbocycles. The Bertz CT molecular complexity index is 1060. The average molecular weight is 374 g/mol. The molecule has 3 aromatic rings. The second kappa shape index (κ2) is 7.35. The van der Waals surface area contributed by atoms with Gasteiger partial charge in [0.2, 0.25) is 0 Å². The van der Waals surface area contributed by atoms with Gasteiger partial charge in [0.05, 0.1) is 18.6 Å². The number of nitrogens with one attached hydrogen (secondary N) is 1. The van der Waals surface area contributed by atoms with Gasteiger partial charge in [-0.25, -0.2) is 0 Å². The number of fused-ring (bicyclic) bond motifs is 2. The summed E-state index contributed by atoms with van der Waals surface area (Å²) in [6, 6.07) is 19.0. The Kier molecular flexibility index (Phi) is 4.74. The summed E-state index contributed by atoms with van der Waals surface area (Å²) in [6.07, 6.45) is 1.12. The van der Waals surface area contributed by atoms with E-state index in [1.807, 2.05) is 48.5 Å². The lowest BCUT2D eigenvalue weighted by molar-refractivity contribution is -0.146. The smallest absolute Gasteiger partial charge is 0.311 e. The van der Waals surface area contributed by atoms with Crippen molar-refractivity contribution in [1.82, 2.24) is 5.32 Å².